The van der Waals surface area contributed by atoms with Crippen molar-refractivity contribution in [3.05, 3.63) is 24.2 Å². The van der Waals surface area contributed by atoms with Gasteiger partial charge in [0.2, 0.25) is 0 Å². The summed E-state index contributed by atoms with van der Waals surface area (Å²) in [6.07, 6.45) is -0.942. The van der Waals surface area contributed by atoms with Crippen LogP contribution in [0.25, 0.3) is 5.52 Å². The maximum atomic E-state index is 12.6. The molecule has 0 fully saturated rings. The van der Waals surface area contributed by atoms with E-state index in [0.29, 0.717) is 24.5 Å². The van der Waals surface area contributed by atoms with Crippen LogP contribution >= 0.6 is 0 Å². The first kappa shape index (κ1) is 13.6. The lowest BCUT2D eigenvalue weighted by molar-refractivity contribution is -0.141. The molecule has 0 aliphatic rings. The van der Waals surface area contributed by atoms with Crippen LogP contribution in [0, 0.1) is 0 Å². The van der Waals surface area contributed by atoms with Gasteiger partial charge < -0.3 is 10.1 Å². The van der Waals surface area contributed by atoms with Crippen molar-refractivity contribution in [1.82, 2.24) is 14.6 Å². The predicted molar refractivity (Wildman–Crippen MR) is 63.0 cm³/mol. The van der Waals surface area contributed by atoms with Crippen molar-refractivity contribution in [2.45, 2.75) is 12.6 Å². The molecule has 1 N–H and O–H groups in total. The zero-order valence-corrected chi connectivity index (χ0v) is 10.2. The molecule has 2 heterocycles. The Morgan fingerprint density at radius 2 is 2.21 bits per heavy atom. The standard InChI is InChI=1S/C11H13F3N4O/c1-19-6-2-3-15-10-8-7-9(11(12,13)14)17-18(8)5-4-16-10/h4-5,7H,2-3,6H2,1H3,(H,15,16). The molecule has 0 aromatic carbocycles. The van der Waals surface area contributed by atoms with Crippen LogP contribution in [-0.2, 0) is 10.9 Å². The minimum absolute atomic E-state index is 0.298. The Labute approximate surface area is 107 Å². The van der Waals surface area contributed by atoms with Crippen molar-refractivity contribution < 1.29 is 17.9 Å². The van der Waals surface area contributed by atoms with Gasteiger partial charge in [0.1, 0.15) is 5.52 Å². The Morgan fingerprint density at radius 3 is 2.89 bits per heavy atom. The summed E-state index contributed by atoms with van der Waals surface area (Å²) in [5.41, 5.74) is -0.632. The van der Waals surface area contributed by atoms with Crippen molar-refractivity contribution in [3.8, 4) is 0 Å². The number of nitrogens with one attached hydrogen (secondary N) is 1. The topological polar surface area (TPSA) is 51.5 Å². The molecule has 0 aliphatic carbocycles. The van der Waals surface area contributed by atoms with E-state index in [4.69, 9.17) is 4.74 Å². The van der Waals surface area contributed by atoms with E-state index in [9.17, 15) is 13.2 Å². The number of nitrogens with zero attached hydrogens (tertiary/aromatic N) is 3. The number of fused-ring (bicyclic) bond motifs is 1. The van der Waals surface area contributed by atoms with Gasteiger partial charge in [0.05, 0.1) is 0 Å². The van der Waals surface area contributed by atoms with Crippen molar-refractivity contribution in [2.24, 2.45) is 0 Å². The van der Waals surface area contributed by atoms with Gasteiger partial charge in [-0.05, 0) is 6.42 Å². The average Bonchev–Trinajstić information content (AvgIpc) is 2.79. The molecule has 104 valence electrons. The zero-order valence-electron chi connectivity index (χ0n) is 10.2. The first-order valence-corrected chi connectivity index (χ1v) is 5.67. The maximum Gasteiger partial charge on any atom is 0.435 e. The van der Waals surface area contributed by atoms with E-state index in [1.807, 2.05) is 0 Å². The summed E-state index contributed by atoms with van der Waals surface area (Å²) in [7, 11) is 1.59. The summed E-state index contributed by atoms with van der Waals surface area (Å²) in [5, 5.41) is 6.44. The Hall–Kier alpha value is -1.83. The van der Waals surface area contributed by atoms with Crippen LogP contribution in [0.2, 0.25) is 0 Å². The molecule has 0 spiro atoms. The first-order valence-electron chi connectivity index (χ1n) is 5.67. The van der Waals surface area contributed by atoms with Crippen LogP contribution in [0.4, 0.5) is 19.0 Å². The SMILES string of the molecule is COCCCNc1nccn2nc(C(F)(F)F)cc12. The molecular formula is C11H13F3N4O. The first-order chi connectivity index (χ1) is 9.02. The fourth-order valence-corrected chi connectivity index (χ4v) is 1.62. The Morgan fingerprint density at radius 1 is 1.42 bits per heavy atom. The molecule has 0 amide bonds. The molecule has 0 bridgehead atoms. The number of methoxy groups -OCH3 is 1. The number of halogens is 3. The molecule has 2 rings (SSSR count). The van der Waals surface area contributed by atoms with Gasteiger partial charge in [0.15, 0.2) is 11.5 Å². The summed E-state index contributed by atoms with van der Waals surface area (Å²) in [6.45, 7) is 1.14. The van der Waals surface area contributed by atoms with Crippen LogP contribution in [0.15, 0.2) is 18.5 Å². The third-order valence-electron chi connectivity index (χ3n) is 2.50. The van der Waals surface area contributed by atoms with Gasteiger partial charge in [-0.3, -0.25) is 0 Å². The minimum Gasteiger partial charge on any atom is -0.385 e. The fraction of sp³-hybridized carbons (Fsp3) is 0.455. The lowest BCUT2D eigenvalue weighted by Gasteiger charge is -2.05. The number of alkyl halides is 3. The maximum absolute atomic E-state index is 12.6. The summed E-state index contributed by atoms with van der Waals surface area (Å²) >= 11 is 0. The minimum atomic E-state index is -4.46. The highest BCUT2D eigenvalue weighted by Crippen LogP contribution is 2.29. The smallest absolute Gasteiger partial charge is 0.385 e. The lowest BCUT2D eigenvalue weighted by Crippen LogP contribution is -2.07. The monoisotopic (exact) mass is 274 g/mol. The third-order valence-corrected chi connectivity index (χ3v) is 2.50. The molecule has 0 aliphatic heterocycles. The quantitative estimate of drug-likeness (QED) is 0.849. The van der Waals surface area contributed by atoms with Gasteiger partial charge in [-0.15, -0.1) is 0 Å². The van der Waals surface area contributed by atoms with Gasteiger partial charge in [0, 0.05) is 38.7 Å². The summed E-state index contributed by atoms with van der Waals surface area (Å²) < 4.78 is 43.8. The third kappa shape index (κ3) is 3.14. The van der Waals surface area contributed by atoms with E-state index in [0.717, 1.165) is 17.0 Å². The zero-order chi connectivity index (χ0) is 13.9. The van der Waals surface area contributed by atoms with Crippen LogP contribution < -0.4 is 5.32 Å². The molecule has 0 radical (unpaired) electrons. The number of ether oxygens (including phenoxy) is 1. The van der Waals surface area contributed by atoms with E-state index < -0.39 is 11.9 Å². The van der Waals surface area contributed by atoms with Gasteiger partial charge in [-0.25, -0.2) is 9.50 Å². The highest BCUT2D eigenvalue weighted by molar-refractivity contribution is 5.67. The normalized spacial score (nSPS) is 12.0. The van der Waals surface area contributed by atoms with Gasteiger partial charge in [-0.2, -0.15) is 18.3 Å². The van der Waals surface area contributed by atoms with E-state index in [1.165, 1.54) is 12.4 Å². The van der Waals surface area contributed by atoms with E-state index in [-0.39, 0.29) is 0 Å². The molecule has 2 aromatic heterocycles. The molecule has 8 heteroatoms. The van der Waals surface area contributed by atoms with Crippen LogP contribution in [-0.4, -0.2) is 34.9 Å². The van der Waals surface area contributed by atoms with Crippen molar-refractivity contribution in [3.63, 3.8) is 0 Å². The molecular weight excluding hydrogens is 261 g/mol. The van der Waals surface area contributed by atoms with Crippen molar-refractivity contribution in [2.75, 3.05) is 25.6 Å². The highest BCUT2D eigenvalue weighted by Gasteiger charge is 2.34. The van der Waals surface area contributed by atoms with Crippen LogP contribution in [0.1, 0.15) is 12.1 Å². The summed E-state index contributed by atoms with van der Waals surface area (Å²) in [6, 6.07) is 0.978. The molecule has 0 saturated carbocycles. The number of anilines is 1. The second-order valence-electron chi connectivity index (χ2n) is 3.91. The van der Waals surface area contributed by atoms with Gasteiger partial charge in [-0.1, -0.05) is 0 Å². The Kier molecular flexibility index (Phi) is 3.89. The second-order valence-corrected chi connectivity index (χ2v) is 3.91. The molecule has 0 saturated heterocycles. The van der Waals surface area contributed by atoms with Crippen molar-refractivity contribution in [1.29, 1.82) is 0 Å². The molecule has 0 atom stereocenters. The van der Waals surface area contributed by atoms with Crippen LogP contribution in [0.3, 0.4) is 0 Å². The second kappa shape index (κ2) is 5.43. The summed E-state index contributed by atoms with van der Waals surface area (Å²) in [4.78, 5) is 4.02. The largest absolute Gasteiger partial charge is 0.435 e. The number of hydrogen-bond donors (Lipinski definition) is 1. The molecule has 19 heavy (non-hydrogen) atoms. The van der Waals surface area contributed by atoms with E-state index >= 15 is 0 Å². The van der Waals surface area contributed by atoms with E-state index in [2.05, 4.69) is 15.4 Å². The number of aromatic nitrogens is 3. The molecule has 2 aromatic rings. The van der Waals surface area contributed by atoms with Crippen molar-refractivity contribution >= 4 is 11.3 Å². The molecule has 5 nitrogen and oxygen atoms in total. The highest BCUT2D eigenvalue weighted by atomic mass is 19.4. The van der Waals surface area contributed by atoms with Crippen LogP contribution in [0.5, 0.6) is 0 Å². The van der Waals surface area contributed by atoms with Gasteiger partial charge >= 0.3 is 6.18 Å². The molecule has 0 unspecified atom stereocenters. The summed E-state index contributed by atoms with van der Waals surface area (Å²) in [5.74, 6) is 0.376. The predicted octanol–water partition coefficient (Wildman–Crippen LogP) is 2.20. The van der Waals surface area contributed by atoms with E-state index in [1.54, 1.807) is 7.11 Å². The Bertz CT molecular complexity index is 552. The lowest BCUT2D eigenvalue weighted by atomic mass is 10.3. The van der Waals surface area contributed by atoms with Gasteiger partial charge in [0.25, 0.3) is 0 Å². The Balaban J connectivity index is 2.22. The number of hydrogen-bond acceptors (Lipinski definition) is 4. The average molecular weight is 274 g/mol. The number of rotatable bonds is 5. The fourth-order valence-electron chi connectivity index (χ4n) is 1.62.